The van der Waals surface area contributed by atoms with E-state index in [1.807, 2.05) is 0 Å². The Labute approximate surface area is 98.3 Å². The first kappa shape index (κ1) is 10.6. The van der Waals surface area contributed by atoms with Crippen molar-refractivity contribution in [2.75, 3.05) is 0 Å². The highest BCUT2D eigenvalue weighted by molar-refractivity contribution is 5.85. The van der Waals surface area contributed by atoms with Crippen molar-refractivity contribution >= 4 is 5.78 Å². The van der Waals surface area contributed by atoms with Crippen molar-refractivity contribution < 1.29 is 4.79 Å². The Morgan fingerprint density at radius 2 is 2.12 bits per heavy atom. The molecule has 4 aliphatic carbocycles. The van der Waals surface area contributed by atoms with Gasteiger partial charge in [0.2, 0.25) is 0 Å². The van der Waals surface area contributed by atoms with Crippen molar-refractivity contribution in [2.24, 2.45) is 35.0 Å². The smallest absolute Gasteiger partial charge is 0.137 e. The average molecular weight is 218 g/mol. The second kappa shape index (κ2) is 3.00. The lowest BCUT2D eigenvalue weighted by atomic mass is 9.34. The Bertz CT molecular complexity index is 379. The van der Waals surface area contributed by atoms with Crippen LogP contribution in [0.15, 0.2) is 11.6 Å². The molecule has 2 fully saturated rings. The van der Waals surface area contributed by atoms with E-state index in [4.69, 9.17) is 0 Å². The number of allylic oxidation sites excluding steroid dienone is 2. The van der Waals surface area contributed by atoms with Crippen molar-refractivity contribution in [3.63, 3.8) is 0 Å². The van der Waals surface area contributed by atoms with Crippen molar-refractivity contribution in [3.05, 3.63) is 11.6 Å². The predicted molar refractivity (Wildman–Crippen MR) is 64.9 cm³/mol. The minimum Gasteiger partial charge on any atom is -0.299 e. The fraction of sp³-hybridized carbons (Fsp3) is 0.800. The van der Waals surface area contributed by atoms with E-state index in [9.17, 15) is 4.79 Å². The number of rotatable bonds is 1. The lowest BCUT2D eigenvalue weighted by Crippen LogP contribution is -2.66. The molecule has 0 heterocycles. The van der Waals surface area contributed by atoms with Gasteiger partial charge in [-0.1, -0.05) is 32.4 Å². The van der Waals surface area contributed by atoms with E-state index in [2.05, 4.69) is 33.8 Å². The number of hydrogen-bond donors (Lipinski definition) is 0. The Morgan fingerprint density at radius 1 is 1.44 bits per heavy atom. The van der Waals surface area contributed by atoms with Gasteiger partial charge in [-0.3, -0.25) is 4.79 Å². The van der Waals surface area contributed by atoms with Crippen molar-refractivity contribution in [2.45, 2.75) is 40.5 Å². The molecule has 5 atom stereocenters. The first-order valence-electron chi connectivity index (χ1n) is 6.66. The van der Waals surface area contributed by atoms with Gasteiger partial charge in [-0.15, -0.1) is 0 Å². The normalized spacial score (nSPS) is 50.1. The van der Waals surface area contributed by atoms with E-state index in [0.29, 0.717) is 29.0 Å². The molecule has 0 spiro atoms. The van der Waals surface area contributed by atoms with Gasteiger partial charge in [-0.25, -0.2) is 0 Å². The Kier molecular flexibility index (Phi) is 1.98. The molecule has 0 aromatic carbocycles. The van der Waals surface area contributed by atoms with Gasteiger partial charge in [-0.2, -0.15) is 0 Å². The highest BCUT2D eigenvalue weighted by atomic mass is 16.1. The molecule has 4 aliphatic rings. The van der Waals surface area contributed by atoms with Crippen molar-refractivity contribution in [3.8, 4) is 0 Å². The van der Waals surface area contributed by atoms with E-state index in [-0.39, 0.29) is 0 Å². The third kappa shape index (κ3) is 1.00. The zero-order valence-corrected chi connectivity index (χ0v) is 10.8. The topological polar surface area (TPSA) is 17.1 Å². The van der Waals surface area contributed by atoms with E-state index in [1.165, 1.54) is 6.42 Å². The Hall–Kier alpha value is -0.590. The molecule has 0 aliphatic heterocycles. The lowest BCUT2D eigenvalue weighted by Gasteiger charge is -2.69. The SMILES string of the molecule is CC1=CC[C@@H]2[C@H]3[C@@H]1[C@@]2(C)CC(=O)[C@H]3C(C)C. The zero-order valence-electron chi connectivity index (χ0n) is 10.8. The zero-order chi connectivity index (χ0) is 11.7. The van der Waals surface area contributed by atoms with Gasteiger partial charge in [-0.05, 0) is 42.4 Å². The summed E-state index contributed by atoms with van der Waals surface area (Å²) >= 11 is 0. The molecule has 88 valence electrons. The molecule has 1 nitrogen and oxygen atoms in total. The molecule has 0 aromatic rings. The highest BCUT2D eigenvalue weighted by Crippen LogP contribution is 2.70. The molecule has 0 radical (unpaired) electrons. The molecule has 1 heteroatoms. The number of carbonyl (C=O) groups is 1. The summed E-state index contributed by atoms with van der Waals surface area (Å²) in [6.45, 7) is 9.07. The summed E-state index contributed by atoms with van der Waals surface area (Å²) in [5, 5.41) is 0. The number of fused-ring (bicyclic) bond motifs is 1. The van der Waals surface area contributed by atoms with Crippen molar-refractivity contribution in [1.29, 1.82) is 0 Å². The maximum Gasteiger partial charge on any atom is 0.137 e. The molecule has 4 bridgehead atoms. The molecule has 0 unspecified atom stereocenters. The van der Waals surface area contributed by atoms with Gasteiger partial charge in [0, 0.05) is 12.3 Å². The largest absolute Gasteiger partial charge is 0.299 e. The number of carbonyl (C=O) groups excluding carboxylic acids is 1. The number of Topliss-reactive ketones (excluding diaryl/α,β-unsaturated/α-hetero) is 1. The van der Waals surface area contributed by atoms with Crippen LogP contribution >= 0.6 is 0 Å². The van der Waals surface area contributed by atoms with E-state index < -0.39 is 0 Å². The minimum absolute atomic E-state index is 0.325. The molecule has 0 saturated heterocycles. The summed E-state index contributed by atoms with van der Waals surface area (Å²) in [6, 6.07) is 0. The molecule has 2 saturated carbocycles. The summed E-state index contributed by atoms with van der Waals surface area (Å²) in [6.07, 6.45) is 4.48. The quantitative estimate of drug-likeness (QED) is 0.616. The second-order valence-corrected chi connectivity index (χ2v) is 6.76. The fourth-order valence-electron chi connectivity index (χ4n) is 5.14. The van der Waals surface area contributed by atoms with Gasteiger partial charge in [0.25, 0.3) is 0 Å². The fourth-order valence-corrected chi connectivity index (χ4v) is 5.14. The van der Waals surface area contributed by atoms with Crippen LogP contribution in [0.1, 0.15) is 40.5 Å². The first-order chi connectivity index (χ1) is 7.47. The molecule has 0 amide bonds. The van der Waals surface area contributed by atoms with Crippen LogP contribution in [-0.2, 0) is 4.79 Å². The standard InChI is InChI=1S/C15H22O/c1-8(2)12-11(16)7-15(4)10-6-5-9(3)14(15)13(10)12/h5,8,10,12-14H,6-7H2,1-4H3/t10-,12-,13-,14-,15+/m1/s1. The highest BCUT2D eigenvalue weighted by Gasteiger charge is 2.67. The summed E-state index contributed by atoms with van der Waals surface area (Å²) in [5.74, 6) is 3.61. The minimum atomic E-state index is 0.325. The van der Waals surface area contributed by atoms with Crippen LogP contribution in [0.5, 0.6) is 0 Å². The second-order valence-electron chi connectivity index (χ2n) is 6.76. The van der Waals surface area contributed by atoms with Crippen molar-refractivity contribution in [1.82, 2.24) is 0 Å². The van der Waals surface area contributed by atoms with Crippen LogP contribution in [0.3, 0.4) is 0 Å². The van der Waals surface area contributed by atoms with Gasteiger partial charge in [0.1, 0.15) is 5.78 Å². The lowest BCUT2D eigenvalue weighted by molar-refractivity contribution is -0.187. The van der Waals surface area contributed by atoms with Gasteiger partial charge >= 0.3 is 0 Å². The van der Waals surface area contributed by atoms with Crippen LogP contribution in [0.2, 0.25) is 0 Å². The third-order valence-electron chi connectivity index (χ3n) is 5.65. The molecule has 0 aromatic heterocycles. The molecule has 16 heavy (non-hydrogen) atoms. The predicted octanol–water partition coefficient (Wildman–Crippen LogP) is 3.45. The van der Waals surface area contributed by atoms with Crippen LogP contribution in [0, 0.1) is 35.0 Å². The van der Waals surface area contributed by atoms with Crippen LogP contribution < -0.4 is 0 Å². The average Bonchev–Trinajstić information content (AvgIpc) is 2.15. The van der Waals surface area contributed by atoms with E-state index in [1.54, 1.807) is 5.57 Å². The summed E-state index contributed by atoms with van der Waals surface area (Å²) < 4.78 is 0. The summed E-state index contributed by atoms with van der Waals surface area (Å²) in [4.78, 5) is 12.2. The molecular formula is C15H22O. The van der Waals surface area contributed by atoms with E-state index in [0.717, 1.165) is 18.3 Å². The van der Waals surface area contributed by atoms with Gasteiger partial charge in [0.05, 0.1) is 0 Å². The summed E-state index contributed by atoms with van der Waals surface area (Å²) in [7, 11) is 0. The molecular weight excluding hydrogens is 196 g/mol. The van der Waals surface area contributed by atoms with Crippen LogP contribution in [0.25, 0.3) is 0 Å². The monoisotopic (exact) mass is 218 g/mol. The maximum atomic E-state index is 12.2. The van der Waals surface area contributed by atoms with Crippen LogP contribution in [0.4, 0.5) is 0 Å². The first-order valence-corrected chi connectivity index (χ1v) is 6.66. The Morgan fingerprint density at radius 3 is 2.69 bits per heavy atom. The van der Waals surface area contributed by atoms with E-state index >= 15 is 0 Å². The van der Waals surface area contributed by atoms with Crippen LogP contribution in [-0.4, -0.2) is 5.78 Å². The number of hydrogen-bond acceptors (Lipinski definition) is 1. The Balaban J connectivity index is 2.01. The summed E-state index contributed by atoms with van der Waals surface area (Å²) in [5.41, 5.74) is 1.89. The maximum absolute atomic E-state index is 12.2. The molecule has 0 N–H and O–H groups in total. The van der Waals surface area contributed by atoms with Gasteiger partial charge < -0.3 is 0 Å². The van der Waals surface area contributed by atoms with Gasteiger partial charge in [0.15, 0.2) is 0 Å². The third-order valence-corrected chi connectivity index (χ3v) is 5.65. The number of ketones is 1. The molecule has 4 rings (SSSR count).